The molecule has 0 aliphatic carbocycles. The molecule has 0 atom stereocenters. The van der Waals surface area contributed by atoms with Crippen LogP contribution in [0.1, 0.15) is 0 Å². The lowest BCUT2D eigenvalue weighted by Crippen LogP contribution is -2.22. The molecular weight excluding hydrogens is 315 g/mol. The topological polar surface area (TPSA) is 85.9 Å². The van der Waals surface area contributed by atoms with E-state index >= 15 is 0 Å². The van der Waals surface area contributed by atoms with Crippen LogP contribution < -0.4 is 15.0 Å². The van der Waals surface area contributed by atoms with E-state index < -0.39 is 6.67 Å². The van der Waals surface area contributed by atoms with Gasteiger partial charge in [-0.1, -0.05) is 0 Å². The molecule has 24 heavy (non-hydrogen) atoms. The molecule has 9 nitrogen and oxygen atoms in total. The molecule has 0 saturated carbocycles. The summed E-state index contributed by atoms with van der Waals surface area (Å²) in [5, 5.41) is 7.38. The predicted octanol–water partition coefficient (Wildman–Crippen LogP) is 1.25. The highest BCUT2D eigenvalue weighted by Gasteiger charge is 2.17. The molecular formula is C14H19FN8O. The van der Waals surface area contributed by atoms with Gasteiger partial charge in [0.15, 0.2) is 17.0 Å². The van der Waals surface area contributed by atoms with Crippen LogP contribution in [0.15, 0.2) is 12.5 Å². The maximum absolute atomic E-state index is 12.7. The first kappa shape index (κ1) is 16.0. The fourth-order valence-electron chi connectivity index (χ4n) is 2.31. The van der Waals surface area contributed by atoms with Gasteiger partial charge < -0.3 is 19.5 Å². The minimum absolute atomic E-state index is 0.207. The van der Waals surface area contributed by atoms with E-state index in [0.29, 0.717) is 34.5 Å². The normalized spacial score (nSPS) is 11.0. The quantitative estimate of drug-likeness (QED) is 0.726. The fraction of sp³-hybridized carbons (Fsp3) is 0.429. The van der Waals surface area contributed by atoms with Gasteiger partial charge in [0.05, 0.1) is 19.6 Å². The Morgan fingerprint density at radius 1 is 1.33 bits per heavy atom. The first-order chi connectivity index (χ1) is 11.5. The van der Waals surface area contributed by atoms with Crippen molar-refractivity contribution in [1.29, 1.82) is 0 Å². The second-order valence-corrected chi connectivity index (χ2v) is 5.36. The summed E-state index contributed by atoms with van der Waals surface area (Å²) in [5.74, 6) is 1.36. The van der Waals surface area contributed by atoms with Crippen molar-refractivity contribution >= 4 is 28.6 Å². The van der Waals surface area contributed by atoms with Crippen molar-refractivity contribution in [2.45, 2.75) is 0 Å². The summed E-state index contributed by atoms with van der Waals surface area (Å²) in [6.07, 6.45) is 3.44. The van der Waals surface area contributed by atoms with Crippen LogP contribution in [0.3, 0.4) is 0 Å². The highest BCUT2D eigenvalue weighted by Crippen LogP contribution is 2.29. The number of halogens is 1. The van der Waals surface area contributed by atoms with Crippen molar-refractivity contribution in [1.82, 2.24) is 29.3 Å². The van der Waals surface area contributed by atoms with Gasteiger partial charge in [-0.05, 0) is 0 Å². The van der Waals surface area contributed by atoms with E-state index in [0.717, 1.165) is 0 Å². The Balaban J connectivity index is 2.08. The summed E-state index contributed by atoms with van der Waals surface area (Å²) in [7, 11) is 6.93. The second-order valence-electron chi connectivity index (χ2n) is 5.36. The molecule has 3 aromatic heterocycles. The van der Waals surface area contributed by atoms with Crippen LogP contribution in [0.4, 0.5) is 21.8 Å². The molecule has 0 radical (unpaired) electrons. The Morgan fingerprint density at radius 3 is 2.83 bits per heavy atom. The molecule has 0 bridgehead atoms. The van der Waals surface area contributed by atoms with Gasteiger partial charge in [-0.3, -0.25) is 4.68 Å². The predicted molar refractivity (Wildman–Crippen MR) is 88.6 cm³/mol. The van der Waals surface area contributed by atoms with Crippen LogP contribution in [0.25, 0.3) is 11.2 Å². The summed E-state index contributed by atoms with van der Waals surface area (Å²) in [6.45, 7) is -0.276. The molecule has 0 aromatic carbocycles. The zero-order valence-electron chi connectivity index (χ0n) is 14.0. The number of methoxy groups -OCH3 is 1. The van der Waals surface area contributed by atoms with Crippen molar-refractivity contribution < 1.29 is 9.13 Å². The highest BCUT2D eigenvalue weighted by molar-refractivity contribution is 5.87. The van der Waals surface area contributed by atoms with Crippen LogP contribution in [0.2, 0.25) is 0 Å². The third-order valence-electron chi connectivity index (χ3n) is 3.55. The summed E-state index contributed by atoms with van der Waals surface area (Å²) >= 11 is 0. The van der Waals surface area contributed by atoms with Gasteiger partial charge in [-0.25, -0.2) is 9.37 Å². The molecule has 0 aliphatic rings. The van der Waals surface area contributed by atoms with Crippen molar-refractivity contribution in [3.05, 3.63) is 12.5 Å². The number of aryl methyl sites for hydroxylation is 2. The van der Waals surface area contributed by atoms with E-state index in [2.05, 4.69) is 25.4 Å². The Labute approximate surface area is 138 Å². The molecule has 128 valence electrons. The average Bonchev–Trinajstić information content (AvgIpc) is 3.10. The minimum atomic E-state index is -0.484. The van der Waals surface area contributed by atoms with Gasteiger partial charge in [-0.15, -0.1) is 5.10 Å². The number of imidazole rings is 1. The van der Waals surface area contributed by atoms with E-state index in [1.807, 2.05) is 7.05 Å². The SMILES string of the molecule is COc1nn(C)cc1Nc1nc(N(C)CCF)nc2c1ncn2C. The summed E-state index contributed by atoms with van der Waals surface area (Å²) < 4.78 is 21.3. The molecule has 0 saturated heterocycles. The van der Waals surface area contributed by atoms with Gasteiger partial charge in [0.25, 0.3) is 5.88 Å². The average molecular weight is 334 g/mol. The zero-order valence-corrected chi connectivity index (χ0v) is 14.0. The van der Waals surface area contributed by atoms with Crippen molar-refractivity contribution in [2.24, 2.45) is 14.1 Å². The molecule has 10 heteroatoms. The molecule has 3 rings (SSSR count). The lowest BCUT2D eigenvalue weighted by Gasteiger charge is -2.16. The number of hydrogen-bond donors (Lipinski definition) is 1. The Kier molecular flexibility index (Phi) is 4.19. The number of anilines is 3. The number of fused-ring (bicyclic) bond motifs is 1. The standard InChI is InChI=1S/C14H19FN8O/c1-21(6-5-15)14-18-11(10-12(19-14)22(2)8-16-10)17-9-7-23(3)20-13(9)24-4/h7-8H,5-6H2,1-4H3,(H,17,18,19). The van der Waals surface area contributed by atoms with Crippen LogP contribution in [-0.2, 0) is 14.1 Å². The van der Waals surface area contributed by atoms with Crippen LogP contribution in [0, 0.1) is 0 Å². The van der Waals surface area contributed by atoms with Crippen molar-refractivity contribution in [2.75, 3.05) is 37.6 Å². The minimum Gasteiger partial charge on any atom is -0.478 e. The Bertz CT molecular complexity index is 858. The smallest absolute Gasteiger partial charge is 0.256 e. The van der Waals surface area contributed by atoms with E-state index in [4.69, 9.17) is 4.74 Å². The largest absolute Gasteiger partial charge is 0.478 e. The maximum atomic E-state index is 12.7. The van der Waals surface area contributed by atoms with E-state index in [9.17, 15) is 4.39 Å². The summed E-state index contributed by atoms with van der Waals surface area (Å²) in [6, 6.07) is 0. The fourth-order valence-corrected chi connectivity index (χ4v) is 2.31. The Morgan fingerprint density at radius 2 is 2.12 bits per heavy atom. The number of rotatable bonds is 6. The van der Waals surface area contributed by atoms with Crippen LogP contribution in [-0.4, -0.2) is 56.7 Å². The zero-order chi connectivity index (χ0) is 17.3. The number of alkyl halides is 1. The number of ether oxygens (including phenoxy) is 1. The second kappa shape index (κ2) is 6.30. The number of aromatic nitrogens is 6. The molecule has 0 fully saturated rings. The van der Waals surface area contributed by atoms with Crippen LogP contribution >= 0.6 is 0 Å². The monoisotopic (exact) mass is 334 g/mol. The third-order valence-corrected chi connectivity index (χ3v) is 3.55. The first-order valence-electron chi connectivity index (χ1n) is 7.34. The molecule has 0 spiro atoms. The van der Waals surface area contributed by atoms with Gasteiger partial charge in [0.2, 0.25) is 5.95 Å². The summed E-state index contributed by atoms with van der Waals surface area (Å²) in [5.41, 5.74) is 1.92. The van der Waals surface area contributed by atoms with Crippen molar-refractivity contribution in [3.8, 4) is 5.88 Å². The lowest BCUT2D eigenvalue weighted by molar-refractivity contribution is 0.393. The van der Waals surface area contributed by atoms with E-state index in [-0.39, 0.29) is 6.54 Å². The Hall–Kier alpha value is -2.91. The maximum Gasteiger partial charge on any atom is 0.256 e. The van der Waals surface area contributed by atoms with Crippen molar-refractivity contribution in [3.63, 3.8) is 0 Å². The van der Waals surface area contributed by atoms with E-state index in [1.54, 1.807) is 47.9 Å². The first-order valence-corrected chi connectivity index (χ1v) is 7.34. The molecule has 3 heterocycles. The van der Waals surface area contributed by atoms with Crippen LogP contribution in [0.5, 0.6) is 5.88 Å². The van der Waals surface area contributed by atoms with Gasteiger partial charge in [0, 0.05) is 27.7 Å². The lowest BCUT2D eigenvalue weighted by atomic mass is 10.4. The van der Waals surface area contributed by atoms with Gasteiger partial charge in [-0.2, -0.15) is 9.97 Å². The van der Waals surface area contributed by atoms with Gasteiger partial charge >= 0.3 is 0 Å². The molecule has 3 aromatic rings. The molecule has 0 unspecified atom stereocenters. The number of nitrogens with zero attached hydrogens (tertiary/aromatic N) is 7. The molecule has 1 N–H and O–H groups in total. The van der Waals surface area contributed by atoms with Gasteiger partial charge in [0.1, 0.15) is 12.4 Å². The number of hydrogen-bond acceptors (Lipinski definition) is 7. The third kappa shape index (κ3) is 2.82. The summed E-state index contributed by atoms with van der Waals surface area (Å²) in [4.78, 5) is 14.9. The number of nitrogens with one attached hydrogen (secondary N) is 1. The molecule has 0 aliphatic heterocycles. The highest BCUT2D eigenvalue weighted by atomic mass is 19.1. The molecule has 0 amide bonds. The van der Waals surface area contributed by atoms with E-state index in [1.165, 1.54) is 0 Å².